The average molecular weight is 586 g/mol. The minimum atomic E-state index is -6.01. The van der Waals surface area contributed by atoms with E-state index in [2.05, 4.69) is 15.2 Å². The molecule has 0 fully saturated rings. The number of benzene rings is 2. The predicted octanol–water partition coefficient (Wildman–Crippen LogP) is 4.85. The van der Waals surface area contributed by atoms with Gasteiger partial charge in [0.1, 0.15) is 0 Å². The lowest BCUT2D eigenvalue weighted by Crippen LogP contribution is -2.57. The van der Waals surface area contributed by atoms with Crippen LogP contribution < -0.4 is 10.6 Å². The summed E-state index contributed by atoms with van der Waals surface area (Å²) in [4.78, 5) is 5.66. The molecule has 1 atom stereocenters. The van der Waals surface area contributed by atoms with E-state index < -0.39 is 51.1 Å². The van der Waals surface area contributed by atoms with E-state index in [9.17, 15) is 34.8 Å². The molecule has 3 radical (unpaired) electrons. The number of nitrogen functional groups attached to an aromatic ring is 1. The maximum absolute atomic E-state index is 14.1. The molecule has 0 spiro atoms. The highest BCUT2D eigenvalue weighted by Crippen LogP contribution is 2.44. The molecule has 1 aromatic heterocycles. The molecule has 0 unspecified atom stereocenters. The summed E-state index contributed by atoms with van der Waals surface area (Å²) in [5.74, 6) is 0. The number of rotatable bonds is 6. The minimum absolute atomic E-state index is 0.0375. The van der Waals surface area contributed by atoms with Crippen molar-refractivity contribution in [2.24, 2.45) is 0 Å². The van der Waals surface area contributed by atoms with Gasteiger partial charge in [0, 0.05) is 41.4 Å². The molecule has 6 nitrogen and oxygen atoms in total. The number of alkyl halides is 6. The van der Waals surface area contributed by atoms with Gasteiger partial charge in [0.25, 0.3) is 0 Å². The highest BCUT2D eigenvalue weighted by molar-refractivity contribution is 7.89. The van der Waals surface area contributed by atoms with Crippen molar-refractivity contribution < 1.29 is 34.8 Å². The topological polar surface area (TPSA) is 79.5 Å². The van der Waals surface area contributed by atoms with Crippen LogP contribution in [0.5, 0.6) is 0 Å². The van der Waals surface area contributed by atoms with Crippen LogP contribution in [0.3, 0.4) is 0 Å². The van der Waals surface area contributed by atoms with Gasteiger partial charge in [0.2, 0.25) is 0 Å². The Bertz CT molecular complexity index is 1440. The molecule has 207 valence electrons. The molecule has 4 rings (SSSR count). The van der Waals surface area contributed by atoms with E-state index in [-0.39, 0.29) is 29.4 Å². The van der Waals surface area contributed by atoms with Crippen molar-refractivity contribution in [3.8, 4) is 0 Å². The van der Waals surface area contributed by atoms with Crippen molar-refractivity contribution in [3.05, 3.63) is 89.2 Å². The van der Waals surface area contributed by atoms with Crippen molar-refractivity contribution in [2.75, 3.05) is 17.2 Å². The second-order valence-electron chi connectivity index (χ2n) is 9.20. The van der Waals surface area contributed by atoms with Gasteiger partial charge in [0.05, 0.1) is 28.0 Å². The maximum atomic E-state index is 14.1. The lowest BCUT2D eigenvalue weighted by molar-refractivity contribution is -0.138. The predicted molar refractivity (Wildman–Crippen MR) is 135 cm³/mol. The Balaban J connectivity index is 1.93. The van der Waals surface area contributed by atoms with Crippen LogP contribution in [-0.2, 0) is 35.7 Å². The fourth-order valence-electron chi connectivity index (χ4n) is 4.61. The van der Waals surface area contributed by atoms with Crippen LogP contribution in [0.25, 0.3) is 0 Å². The van der Waals surface area contributed by atoms with Gasteiger partial charge in [-0.3, -0.25) is 4.98 Å². The van der Waals surface area contributed by atoms with Gasteiger partial charge >= 0.3 is 21.7 Å². The summed E-state index contributed by atoms with van der Waals surface area (Å²) in [5.41, 5.74) is -0.303. The molecular formula is C25H23F6N4O2SSi. The van der Waals surface area contributed by atoms with Crippen molar-refractivity contribution in [1.29, 1.82) is 0 Å². The Morgan fingerprint density at radius 2 is 1.69 bits per heavy atom. The second-order valence-corrected chi connectivity index (χ2v) is 12.1. The Kier molecular flexibility index (Phi) is 7.75. The summed E-state index contributed by atoms with van der Waals surface area (Å²) < 4.78 is 109. The SMILES string of the molecule is Nc1ccnc(CN2c3cccc(C(F)(F)F)c3CN(S(=O)(=O)C(F)(F)F)C[C@@]2([Si])CCc2ccccc2)c1. The number of aryl methyl sites for hydroxylation is 1. The summed E-state index contributed by atoms with van der Waals surface area (Å²) >= 11 is 0. The first-order valence-corrected chi connectivity index (χ1v) is 13.6. The summed E-state index contributed by atoms with van der Waals surface area (Å²) in [5, 5.41) is -1.57. The first-order chi connectivity index (χ1) is 18.1. The molecule has 0 amide bonds. The minimum Gasteiger partial charge on any atom is -0.399 e. The third-order valence-corrected chi connectivity index (χ3v) is 8.70. The van der Waals surface area contributed by atoms with Crippen LogP contribution in [0.1, 0.15) is 28.8 Å². The zero-order valence-corrected chi connectivity index (χ0v) is 22.1. The van der Waals surface area contributed by atoms with Gasteiger partial charge in [-0.1, -0.05) is 36.4 Å². The number of anilines is 2. The number of pyridine rings is 1. The number of nitrogens with zero attached hydrogens (tertiary/aromatic N) is 3. The van der Waals surface area contributed by atoms with E-state index in [1.165, 1.54) is 29.3 Å². The molecule has 0 bridgehead atoms. The molecule has 0 saturated carbocycles. The molecule has 2 heterocycles. The standard InChI is InChI=1S/C25H23F6N4O2SSi/c26-24(27,28)21-7-4-8-22-20(21)15-34(38(36,37)25(29,30)31)16-23(39,11-9-17-5-2-1-3-6-17)35(22)14-19-13-18(32)10-12-33-19/h1-8,10,12-13H,9,11,14-16H2,(H2,32,33)/t23-/m0/s1. The second kappa shape index (κ2) is 10.5. The molecule has 39 heavy (non-hydrogen) atoms. The Morgan fingerprint density at radius 1 is 1.00 bits per heavy atom. The summed E-state index contributed by atoms with van der Waals surface area (Å²) in [7, 11) is -2.44. The summed E-state index contributed by atoms with van der Waals surface area (Å²) in [6.07, 6.45) is -3.24. The highest BCUT2D eigenvalue weighted by atomic mass is 32.2. The molecule has 3 aromatic rings. The van der Waals surface area contributed by atoms with Gasteiger partial charge in [-0.05, 0) is 42.7 Å². The zero-order chi connectivity index (χ0) is 28.6. The molecule has 0 saturated heterocycles. The van der Waals surface area contributed by atoms with E-state index >= 15 is 0 Å². The smallest absolute Gasteiger partial charge is 0.399 e. The van der Waals surface area contributed by atoms with Gasteiger partial charge < -0.3 is 10.6 Å². The van der Waals surface area contributed by atoms with Crippen LogP contribution in [0, 0.1) is 0 Å². The van der Waals surface area contributed by atoms with Gasteiger partial charge in [-0.2, -0.15) is 30.6 Å². The normalized spacial score (nSPS) is 19.0. The third kappa shape index (κ3) is 6.07. The number of hydrogen-bond acceptors (Lipinski definition) is 5. The summed E-state index contributed by atoms with van der Waals surface area (Å²) in [6, 6.07) is 15.1. The molecular weight excluding hydrogens is 562 g/mol. The van der Waals surface area contributed by atoms with Crippen molar-refractivity contribution in [3.63, 3.8) is 0 Å². The first kappa shape index (κ1) is 28.9. The van der Waals surface area contributed by atoms with Gasteiger partial charge in [-0.15, -0.1) is 0 Å². The van der Waals surface area contributed by atoms with Crippen LogP contribution in [0.15, 0.2) is 66.9 Å². The number of nitrogens with two attached hydrogens (primary N) is 1. The van der Waals surface area contributed by atoms with E-state index in [0.717, 1.165) is 17.7 Å². The van der Waals surface area contributed by atoms with E-state index in [1.54, 1.807) is 30.3 Å². The number of fused-ring (bicyclic) bond motifs is 1. The Hall–Kier alpha value is -3.10. The monoisotopic (exact) mass is 585 g/mol. The lowest BCUT2D eigenvalue weighted by Gasteiger charge is -2.44. The third-order valence-electron chi connectivity index (χ3n) is 6.50. The Labute approximate surface area is 224 Å². The molecule has 2 aromatic carbocycles. The number of hydrogen-bond donors (Lipinski definition) is 1. The van der Waals surface area contributed by atoms with E-state index in [1.807, 2.05) is 0 Å². The van der Waals surface area contributed by atoms with Crippen LogP contribution in [0.2, 0.25) is 0 Å². The van der Waals surface area contributed by atoms with Crippen LogP contribution in [0.4, 0.5) is 37.7 Å². The fraction of sp³-hybridized carbons (Fsp3) is 0.320. The number of aromatic nitrogens is 1. The van der Waals surface area contributed by atoms with Gasteiger partial charge in [-0.25, -0.2) is 8.42 Å². The van der Waals surface area contributed by atoms with Crippen molar-refractivity contribution in [1.82, 2.24) is 9.29 Å². The van der Waals surface area contributed by atoms with E-state index in [4.69, 9.17) is 5.73 Å². The Morgan fingerprint density at radius 3 is 2.31 bits per heavy atom. The zero-order valence-electron chi connectivity index (χ0n) is 20.3. The van der Waals surface area contributed by atoms with Crippen molar-refractivity contribution in [2.45, 2.75) is 42.8 Å². The molecule has 1 aliphatic heterocycles. The fourth-order valence-corrected chi connectivity index (χ4v) is 6.21. The van der Waals surface area contributed by atoms with E-state index in [0.29, 0.717) is 11.4 Å². The van der Waals surface area contributed by atoms with Crippen LogP contribution in [-0.4, -0.2) is 45.2 Å². The first-order valence-electron chi connectivity index (χ1n) is 11.6. The molecule has 1 aliphatic rings. The molecule has 2 N–H and O–H groups in total. The lowest BCUT2D eigenvalue weighted by atomic mass is 10.0. The van der Waals surface area contributed by atoms with Gasteiger partial charge in [0.15, 0.2) is 0 Å². The molecule has 14 heteroatoms. The number of sulfonamides is 1. The molecule has 0 aliphatic carbocycles. The number of halogens is 6. The van der Waals surface area contributed by atoms with Crippen molar-refractivity contribution >= 4 is 31.6 Å². The van der Waals surface area contributed by atoms with Crippen LogP contribution >= 0.6 is 0 Å². The quantitative estimate of drug-likeness (QED) is 0.331. The highest BCUT2D eigenvalue weighted by Gasteiger charge is 2.54. The summed E-state index contributed by atoms with van der Waals surface area (Å²) in [6.45, 7) is -2.10. The largest absolute Gasteiger partial charge is 0.511 e. The maximum Gasteiger partial charge on any atom is 0.511 e. The average Bonchev–Trinajstić information content (AvgIpc) is 2.97.